The highest BCUT2D eigenvalue weighted by Crippen LogP contribution is 2.20. The average molecular weight is 374 g/mol. The molecule has 2 aromatic heterocycles. The first kappa shape index (κ1) is 17.8. The minimum Gasteiger partial charge on any atom is -0.341 e. The highest BCUT2D eigenvalue weighted by Gasteiger charge is 2.16. The fourth-order valence-electron chi connectivity index (χ4n) is 2.97. The first-order valence-electron chi connectivity index (χ1n) is 9.39. The number of hydrazone groups is 1. The Bertz CT molecular complexity index is 908. The summed E-state index contributed by atoms with van der Waals surface area (Å²) in [5.41, 5.74) is 4.78. The van der Waals surface area contributed by atoms with Crippen molar-refractivity contribution in [2.75, 3.05) is 28.7 Å². The summed E-state index contributed by atoms with van der Waals surface area (Å²) in [6, 6.07) is 13.6. The lowest BCUT2D eigenvalue weighted by Gasteiger charge is -2.26. The van der Waals surface area contributed by atoms with Gasteiger partial charge in [0, 0.05) is 31.2 Å². The number of piperidine rings is 1. The number of pyridine rings is 1. The van der Waals surface area contributed by atoms with Crippen LogP contribution in [0.1, 0.15) is 24.8 Å². The molecule has 2 N–H and O–H groups in total. The van der Waals surface area contributed by atoms with Gasteiger partial charge in [0.05, 0.1) is 6.21 Å². The maximum Gasteiger partial charge on any atom is 0.250 e. The van der Waals surface area contributed by atoms with E-state index in [4.69, 9.17) is 0 Å². The van der Waals surface area contributed by atoms with Crippen LogP contribution >= 0.6 is 0 Å². The molecule has 1 aromatic carbocycles. The smallest absolute Gasteiger partial charge is 0.250 e. The number of aromatic nitrogens is 4. The molecule has 0 radical (unpaired) electrons. The van der Waals surface area contributed by atoms with Gasteiger partial charge in [-0.05, 0) is 49.1 Å². The number of hydrogen-bond donors (Lipinski definition) is 2. The van der Waals surface area contributed by atoms with Crippen LogP contribution in [-0.2, 0) is 0 Å². The summed E-state index contributed by atoms with van der Waals surface area (Å²) in [6.07, 6.45) is 8.70. The molecular formula is C20H22N8. The molecule has 142 valence electrons. The SMILES string of the molecule is C(=N/Nc1nc(Nc2ccccc2)nc(N2CCCCC2)n1)/c1ccncc1. The van der Waals surface area contributed by atoms with Crippen molar-refractivity contribution in [3.05, 3.63) is 60.4 Å². The molecule has 0 amide bonds. The predicted molar refractivity (Wildman–Crippen MR) is 111 cm³/mol. The third-order valence-electron chi connectivity index (χ3n) is 4.38. The van der Waals surface area contributed by atoms with Gasteiger partial charge < -0.3 is 10.2 Å². The maximum atomic E-state index is 4.61. The molecule has 0 spiro atoms. The average Bonchev–Trinajstić information content (AvgIpc) is 2.76. The third-order valence-corrected chi connectivity index (χ3v) is 4.38. The maximum absolute atomic E-state index is 4.61. The van der Waals surface area contributed by atoms with Crippen LogP contribution in [0, 0.1) is 0 Å². The van der Waals surface area contributed by atoms with E-state index in [-0.39, 0.29) is 0 Å². The fraction of sp³-hybridized carbons (Fsp3) is 0.250. The van der Waals surface area contributed by atoms with Crippen molar-refractivity contribution < 1.29 is 0 Å². The molecule has 1 saturated heterocycles. The minimum atomic E-state index is 0.402. The van der Waals surface area contributed by atoms with Crippen LogP contribution in [0.4, 0.5) is 23.5 Å². The number of hydrogen-bond acceptors (Lipinski definition) is 8. The summed E-state index contributed by atoms with van der Waals surface area (Å²) in [4.78, 5) is 19.8. The normalized spacial score (nSPS) is 14.2. The van der Waals surface area contributed by atoms with Gasteiger partial charge in [-0.3, -0.25) is 4.98 Å². The van der Waals surface area contributed by atoms with Crippen molar-refractivity contribution in [3.8, 4) is 0 Å². The van der Waals surface area contributed by atoms with E-state index in [0.717, 1.165) is 37.2 Å². The number of nitrogens with zero attached hydrogens (tertiary/aromatic N) is 6. The van der Waals surface area contributed by atoms with Crippen molar-refractivity contribution in [1.82, 2.24) is 19.9 Å². The van der Waals surface area contributed by atoms with Gasteiger partial charge in [0.1, 0.15) is 0 Å². The zero-order chi connectivity index (χ0) is 19.0. The predicted octanol–water partition coefficient (Wildman–Crippen LogP) is 3.45. The van der Waals surface area contributed by atoms with Gasteiger partial charge in [-0.1, -0.05) is 18.2 Å². The first-order valence-corrected chi connectivity index (χ1v) is 9.39. The second-order valence-electron chi connectivity index (χ2n) is 6.47. The lowest BCUT2D eigenvalue weighted by molar-refractivity contribution is 0.568. The molecule has 1 aliphatic rings. The first-order chi connectivity index (χ1) is 13.9. The molecule has 0 bridgehead atoms. The molecule has 28 heavy (non-hydrogen) atoms. The summed E-state index contributed by atoms with van der Waals surface area (Å²) in [5, 5.41) is 7.49. The summed E-state index contributed by atoms with van der Waals surface area (Å²) in [7, 11) is 0. The van der Waals surface area contributed by atoms with E-state index in [1.165, 1.54) is 6.42 Å². The largest absolute Gasteiger partial charge is 0.341 e. The van der Waals surface area contributed by atoms with E-state index in [0.29, 0.717) is 17.8 Å². The molecule has 0 aliphatic carbocycles. The van der Waals surface area contributed by atoms with E-state index >= 15 is 0 Å². The third kappa shape index (κ3) is 4.79. The molecule has 1 aliphatic heterocycles. The van der Waals surface area contributed by atoms with Crippen molar-refractivity contribution in [1.29, 1.82) is 0 Å². The van der Waals surface area contributed by atoms with Crippen LogP contribution in [0.2, 0.25) is 0 Å². The Balaban J connectivity index is 1.56. The summed E-state index contributed by atoms with van der Waals surface area (Å²) < 4.78 is 0. The Labute approximate surface area is 163 Å². The van der Waals surface area contributed by atoms with Crippen LogP contribution in [-0.4, -0.2) is 39.2 Å². The van der Waals surface area contributed by atoms with Crippen LogP contribution in [0.3, 0.4) is 0 Å². The minimum absolute atomic E-state index is 0.402. The summed E-state index contributed by atoms with van der Waals surface area (Å²) in [6.45, 7) is 1.91. The van der Waals surface area contributed by atoms with Crippen molar-refractivity contribution >= 4 is 29.7 Å². The monoisotopic (exact) mass is 374 g/mol. The second-order valence-corrected chi connectivity index (χ2v) is 6.47. The highest BCUT2D eigenvalue weighted by molar-refractivity contribution is 5.79. The number of anilines is 4. The molecule has 0 atom stereocenters. The number of benzene rings is 1. The highest BCUT2D eigenvalue weighted by atomic mass is 15.4. The van der Waals surface area contributed by atoms with Crippen LogP contribution in [0.25, 0.3) is 0 Å². The molecule has 4 rings (SSSR count). The number of para-hydroxylation sites is 1. The van der Waals surface area contributed by atoms with E-state index < -0.39 is 0 Å². The summed E-state index contributed by atoms with van der Waals surface area (Å²) >= 11 is 0. The molecule has 8 nitrogen and oxygen atoms in total. The van der Waals surface area contributed by atoms with Gasteiger partial charge >= 0.3 is 0 Å². The van der Waals surface area contributed by atoms with Crippen molar-refractivity contribution in [2.24, 2.45) is 5.10 Å². The molecule has 8 heteroatoms. The molecule has 3 heterocycles. The molecule has 0 saturated carbocycles. The van der Waals surface area contributed by atoms with E-state index in [1.54, 1.807) is 18.6 Å². The Morgan fingerprint density at radius 1 is 0.857 bits per heavy atom. The molecule has 0 unspecified atom stereocenters. The fourth-order valence-corrected chi connectivity index (χ4v) is 2.97. The Morgan fingerprint density at radius 2 is 1.61 bits per heavy atom. The van der Waals surface area contributed by atoms with Gasteiger partial charge in [-0.25, -0.2) is 5.43 Å². The van der Waals surface area contributed by atoms with Crippen LogP contribution in [0.15, 0.2) is 60.0 Å². The van der Waals surface area contributed by atoms with Gasteiger partial charge in [0.25, 0.3) is 0 Å². The number of nitrogens with one attached hydrogen (secondary N) is 2. The van der Waals surface area contributed by atoms with E-state index in [2.05, 4.69) is 40.7 Å². The molecule has 3 aromatic rings. The Morgan fingerprint density at radius 3 is 2.39 bits per heavy atom. The standard InChI is InChI=1S/C20H22N8/c1-3-7-17(8-4-1)23-18-24-19(27-22-15-16-9-11-21-12-10-16)26-20(25-18)28-13-5-2-6-14-28/h1,3-4,7-12,15H,2,5-6,13-14H2,(H2,23,24,25,26,27)/b22-15-. The van der Waals surface area contributed by atoms with Crippen molar-refractivity contribution in [2.45, 2.75) is 19.3 Å². The molecule has 1 fully saturated rings. The summed E-state index contributed by atoms with van der Waals surface area (Å²) in [5.74, 6) is 1.55. The lowest BCUT2D eigenvalue weighted by Crippen LogP contribution is -2.31. The quantitative estimate of drug-likeness (QED) is 0.504. The number of rotatable bonds is 6. The topological polar surface area (TPSA) is 91.2 Å². The Kier molecular flexibility index (Phi) is 5.67. The van der Waals surface area contributed by atoms with Crippen LogP contribution in [0.5, 0.6) is 0 Å². The van der Waals surface area contributed by atoms with E-state index in [1.807, 2.05) is 42.5 Å². The van der Waals surface area contributed by atoms with Gasteiger partial charge in [-0.15, -0.1) is 0 Å². The molecular weight excluding hydrogens is 352 g/mol. The Hall–Kier alpha value is -3.55. The van der Waals surface area contributed by atoms with Crippen molar-refractivity contribution in [3.63, 3.8) is 0 Å². The van der Waals surface area contributed by atoms with Gasteiger partial charge in [0.15, 0.2) is 0 Å². The van der Waals surface area contributed by atoms with Gasteiger partial charge in [0.2, 0.25) is 17.8 Å². The second kappa shape index (κ2) is 8.90. The van der Waals surface area contributed by atoms with Gasteiger partial charge in [-0.2, -0.15) is 20.1 Å². The van der Waals surface area contributed by atoms with Crippen LogP contribution < -0.4 is 15.6 Å². The zero-order valence-electron chi connectivity index (χ0n) is 15.5. The lowest BCUT2D eigenvalue weighted by atomic mass is 10.1. The van der Waals surface area contributed by atoms with E-state index in [9.17, 15) is 0 Å². The zero-order valence-corrected chi connectivity index (χ0v) is 15.5.